The van der Waals surface area contributed by atoms with E-state index in [0.29, 0.717) is 11.0 Å². The summed E-state index contributed by atoms with van der Waals surface area (Å²) < 4.78 is 5.49. The second-order valence-corrected chi connectivity index (χ2v) is 5.31. The topological polar surface area (TPSA) is 70.8 Å². The molecule has 1 aromatic heterocycles. The van der Waals surface area contributed by atoms with E-state index in [9.17, 15) is 14.7 Å². The SMILES string of the molecule is CN(C(=O)c1cc(=O)c2ccccc2o1)C(C)(C)CO. The molecule has 5 heteroatoms. The first kappa shape index (κ1) is 14.3. The Labute approximate surface area is 116 Å². The van der Waals surface area contributed by atoms with Gasteiger partial charge in [0.05, 0.1) is 17.5 Å². The molecule has 0 bridgehead atoms. The summed E-state index contributed by atoms with van der Waals surface area (Å²) in [5.41, 5.74) is -0.620. The summed E-state index contributed by atoms with van der Waals surface area (Å²) >= 11 is 0. The van der Waals surface area contributed by atoms with Crippen LogP contribution in [-0.2, 0) is 0 Å². The zero-order valence-electron chi connectivity index (χ0n) is 11.7. The quantitative estimate of drug-likeness (QED) is 0.924. The Bertz CT molecular complexity index is 702. The third-order valence-corrected chi connectivity index (χ3v) is 3.44. The fourth-order valence-corrected chi connectivity index (χ4v) is 1.76. The van der Waals surface area contributed by atoms with Crippen molar-refractivity contribution >= 4 is 16.9 Å². The van der Waals surface area contributed by atoms with E-state index in [-0.39, 0.29) is 17.8 Å². The minimum atomic E-state index is -0.735. The molecule has 1 heterocycles. The van der Waals surface area contributed by atoms with Crippen molar-refractivity contribution in [1.29, 1.82) is 0 Å². The molecule has 0 atom stereocenters. The Hall–Kier alpha value is -2.14. The van der Waals surface area contributed by atoms with Crippen LogP contribution in [0.25, 0.3) is 11.0 Å². The van der Waals surface area contributed by atoms with Crippen LogP contribution in [0.4, 0.5) is 0 Å². The molecule has 0 saturated heterocycles. The molecule has 20 heavy (non-hydrogen) atoms. The highest BCUT2D eigenvalue weighted by atomic mass is 16.3. The molecule has 0 aliphatic heterocycles. The number of hydrogen-bond acceptors (Lipinski definition) is 4. The van der Waals surface area contributed by atoms with Gasteiger partial charge in [0.1, 0.15) is 5.58 Å². The summed E-state index contributed by atoms with van der Waals surface area (Å²) in [6.45, 7) is 3.27. The van der Waals surface area contributed by atoms with E-state index in [1.54, 1.807) is 45.2 Å². The fraction of sp³-hybridized carbons (Fsp3) is 0.333. The maximum atomic E-state index is 12.3. The molecule has 0 spiro atoms. The molecule has 0 radical (unpaired) electrons. The normalized spacial score (nSPS) is 11.6. The molecule has 1 aromatic carbocycles. The fourth-order valence-electron chi connectivity index (χ4n) is 1.76. The Kier molecular flexibility index (Phi) is 3.63. The Morgan fingerprint density at radius 1 is 1.35 bits per heavy atom. The molecule has 0 fully saturated rings. The monoisotopic (exact) mass is 275 g/mol. The van der Waals surface area contributed by atoms with Gasteiger partial charge in [-0.1, -0.05) is 12.1 Å². The van der Waals surface area contributed by atoms with Crippen molar-refractivity contribution in [2.45, 2.75) is 19.4 Å². The predicted molar refractivity (Wildman–Crippen MR) is 75.7 cm³/mol. The number of benzene rings is 1. The van der Waals surface area contributed by atoms with Gasteiger partial charge in [-0.05, 0) is 26.0 Å². The molecule has 5 nitrogen and oxygen atoms in total. The van der Waals surface area contributed by atoms with Crippen molar-refractivity contribution in [2.24, 2.45) is 0 Å². The number of aliphatic hydroxyl groups excluding tert-OH is 1. The van der Waals surface area contributed by atoms with Crippen LogP contribution in [0.2, 0.25) is 0 Å². The van der Waals surface area contributed by atoms with E-state index < -0.39 is 11.4 Å². The highest BCUT2D eigenvalue weighted by Gasteiger charge is 2.29. The van der Waals surface area contributed by atoms with E-state index in [1.165, 1.54) is 11.0 Å². The number of aliphatic hydroxyl groups is 1. The highest BCUT2D eigenvalue weighted by Crippen LogP contribution is 2.17. The van der Waals surface area contributed by atoms with Gasteiger partial charge >= 0.3 is 0 Å². The maximum absolute atomic E-state index is 12.3. The van der Waals surface area contributed by atoms with E-state index >= 15 is 0 Å². The average molecular weight is 275 g/mol. The predicted octanol–water partition coefficient (Wildman–Crippen LogP) is 1.64. The molecule has 0 aliphatic carbocycles. The lowest BCUT2D eigenvalue weighted by atomic mass is 10.0. The minimum absolute atomic E-state index is 0.0299. The van der Waals surface area contributed by atoms with Gasteiger partial charge in [-0.15, -0.1) is 0 Å². The second kappa shape index (κ2) is 5.09. The molecular weight excluding hydrogens is 258 g/mol. The molecule has 2 aromatic rings. The van der Waals surface area contributed by atoms with Crippen molar-refractivity contribution < 1.29 is 14.3 Å². The first-order valence-corrected chi connectivity index (χ1v) is 6.29. The lowest BCUT2D eigenvalue weighted by Gasteiger charge is -2.33. The van der Waals surface area contributed by atoms with Crippen LogP contribution in [0.3, 0.4) is 0 Å². The van der Waals surface area contributed by atoms with Gasteiger partial charge in [0, 0.05) is 13.1 Å². The number of amides is 1. The average Bonchev–Trinajstić information content (AvgIpc) is 2.45. The largest absolute Gasteiger partial charge is 0.451 e. The summed E-state index contributed by atoms with van der Waals surface area (Å²) in [6, 6.07) is 7.96. The van der Waals surface area contributed by atoms with Crippen LogP contribution in [0.5, 0.6) is 0 Å². The summed E-state index contributed by atoms with van der Waals surface area (Å²) in [5, 5.41) is 9.74. The molecule has 0 saturated carbocycles. The molecule has 0 aliphatic rings. The van der Waals surface area contributed by atoms with Gasteiger partial charge < -0.3 is 14.4 Å². The molecule has 106 valence electrons. The summed E-state index contributed by atoms with van der Waals surface area (Å²) in [6.07, 6.45) is 0. The summed E-state index contributed by atoms with van der Waals surface area (Å²) in [5.74, 6) is -0.468. The lowest BCUT2D eigenvalue weighted by molar-refractivity contribution is 0.0445. The third-order valence-electron chi connectivity index (χ3n) is 3.44. The van der Waals surface area contributed by atoms with Crippen LogP contribution >= 0.6 is 0 Å². The molecular formula is C15H17NO4. The Balaban J connectivity index is 2.48. The molecule has 1 N–H and O–H groups in total. The van der Waals surface area contributed by atoms with E-state index in [0.717, 1.165) is 0 Å². The molecule has 2 rings (SSSR count). The summed E-state index contributed by atoms with van der Waals surface area (Å²) in [7, 11) is 1.56. The standard InChI is InChI=1S/C15H17NO4/c1-15(2,9-17)16(3)14(19)13-8-11(18)10-6-4-5-7-12(10)20-13/h4-8,17H,9H2,1-3H3. The number of likely N-dealkylation sites (N-methyl/N-ethyl adjacent to an activating group) is 1. The molecule has 1 amide bonds. The van der Waals surface area contributed by atoms with Crippen molar-refractivity contribution in [3.63, 3.8) is 0 Å². The van der Waals surface area contributed by atoms with Crippen LogP contribution in [0.1, 0.15) is 24.4 Å². The Morgan fingerprint density at radius 2 is 2.00 bits per heavy atom. The number of nitrogens with zero attached hydrogens (tertiary/aromatic N) is 1. The number of carbonyl (C=O) groups is 1. The van der Waals surface area contributed by atoms with E-state index in [4.69, 9.17) is 4.42 Å². The van der Waals surface area contributed by atoms with Crippen molar-refractivity contribution in [1.82, 2.24) is 4.90 Å². The first-order chi connectivity index (χ1) is 9.36. The number of rotatable bonds is 3. The number of hydrogen-bond donors (Lipinski definition) is 1. The van der Waals surface area contributed by atoms with Gasteiger partial charge in [0.2, 0.25) is 0 Å². The second-order valence-electron chi connectivity index (χ2n) is 5.31. The zero-order valence-corrected chi connectivity index (χ0v) is 11.7. The minimum Gasteiger partial charge on any atom is -0.451 e. The molecule has 0 unspecified atom stereocenters. The lowest BCUT2D eigenvalue weighted by Crippen LogP contribution is -2.47. The maximum Gasteiger partial charge on any atom is 0.289 e. The summed E-state index contributed by atoms with van der Waals surface area (Å²) in [4.78, 5) is 25.7. The number of carbonyl (C=O) groups excluding carboxylic acids is 1. The van der Waals surface area contributed by atoms with Gasteiger partial charge in [0.15, 0.2) is 11.2 Å². The number of para-hydroxylation sites is 1. The van der Waals surface area contributed by atoms with Crippen LogP contribution < -0.4 is 5.43 Å². The van der Waals surface area contributed by atoms with Crippen LogP contribution in [-0.4, -0.2) is 35.1 Å². The highest BCUT2D eigenvalue weighted by molar-refractivity contribution is 5.93. The van der Waals surface area contributed by atoms with Gasteiger partial charge in [-0.25, -0.2) is 0 Å². The van der Waals surface area contributed by atoms with Crippen molar-refractivity contribution in [3.05, 3.63) is 46.3 Å². The van der Waals surface area contributed by atoms with Crippen LogP contribution in [0, 0.1) is 0 Å². The van der Waals surface area contributed by atoms with Crippen molar-refractivity contribution in [2.75, 3.05) is 13.7 Å². The third kappa shape index (κ3) is 2.44. The number of fused-ring (bicyclic) bond motifs is 1. The van der Waals surface area contributed by atoms with Gasteiger partial charge in [-0.3, -0.25) is 9.59 Å². The van der Waals surface area contributed by atoms with E-state index in [1.807, 2.05) is 0 Å². The Morgan fingerprint density at radius 3 is 2.65 bits per heavy atom. The first-order valence-electron chi connectivity index (χ1n) is 6.29. The van der Waals surface area contributed by atoms with Crippen molar-refractivity contribution in [3.8, 4) is 0 Å². The van der Waals surface area contributed by atoms with Gasteiger partial charge in [0.25, 0.3) is 5.91 Å². The van der Waals surface area contributed by atoms with Gasteiger partial charge in [-0.2, -0.15) is 0 Å². The van der Waals surface area contributed by atoms with Crippen LogP contribution in [0.15, 0.2) is 39.5 Å². The van der Waals surface area contributed by atoms with E-state index in [2.05, 4.69) is 0 Å². The zero-order chi connectivity index (χ0) is 14.9. The smallest absolute Gasteiger partial charge is 0.289 e.